The van der Waals surface area contributed by atoms with E-state index in [1.807, 2.05) is 60.7 Å². The number of rotatable bonds is 6. The molecule has 0 fully saturated rings. The molecule has 66 heavy (non-hydrogen) atoms. The minimum atomic E-state index is 0.636. The highest BCUT2D eigenvalue weighted by Crippen LogP contribution is 2.51. The van der Waals surface area contributed by atoms with Gasteiger partial charge in [-0.3, -0.25) is 0 Å². The van der Waals surface area contributed by atoms with Gasteiger partial charge in [0, 0.05) is 49.6 Å². The third kappa shape index (κ3) is 5.50. The molecule has 0 amide bonds. The number of para-hydroxylation sites is 2. The Bertz CT molecular complexity index is 4020. The van der Waals surface area contributed by atoms with Crippen LogP contribution in [0.1, 0.15) is 0 Å². The topological polar surface area (TPSA) is 48.5 Å². The second kappa shape index (κ2) is 14.3. The first-order chi connectivity index (χ1) is 32.7. The van der Waals surface area contributed by atoms with Gasteiger partial charge in [-0.15, -0.1) is 0 Å². The molecule has 3 heterocycles. The highest BCUT2D eigenvalue weighted by Gasteiger charge is 2.26. The first-order valence-corrected chi connectivity index (χ1v) is 22.4. The van der Waals surface area contributed by atoms with Gasteiger partial charge in [0.15, 0.2) is 17.5 Å². The van der Waals surface area contributed by atoms with Crippen molar-refractivity contribution in [2.24, 2.45) is 0 Å². The van der Waals surface area contributed by atoms with Crippen LogP contribution in [0, 0.1) is 0 Å². The van der Waals surface area contributed by atoms with Crippen LogP contribution in [0.3, 0.4) is 0 Å². The summed E-state index contributed by atoms with van der Waals surface area (Å²) in [4.78, 5) is 14.9. The quantitative estimate of drug-likeness (QED) is 0.168. The van der Waals surface area contributed by atoms with E-state index in [1.165, 1.54) is 76.7 Å². The molecule has 0 spiro atoms. The molecule has 0 N–H and O–H groups in total. The van der Waals surface area contributed by atoms with Gasteiger partial charge in [0.2, 0.25) is 0 Å². The van der Waals surface area contributed by atoms with Crippen LogP contribution in [0.4, 0.5) is 0 Å². The molecule has 0 aliphatic heterocycles. The number of fused-ring (bicyclic) bond motifs is 10. The van der Waals surface area contributed by atoms with E-state index in [4.69, 9.17) is 15.0 Å². The molecule has 1 aliphatic rings. The lowest BCUT2D eigenvalue weighted by molar-refractivity contribution is 1.07. The van der Waals surface area contributed by atoms with E-state index in [2.05, 4.69) is 173 Å². The third-order valence-corrected chi connectivity index (χ3v) is 13.5. The Hall–Kier alpha value is -8.93. The van der Waals surface area contributed by atoms with Crippen LogP contribution in [-0.4, -0.2) is 24.1 Å². The lowest BCUT2D eigenvalue weighted by atomic mass is 9.96. The average molecular weight is 840 g/mol. The van der Waals surface area contributed by atoms with Gasteiger partial charge in [-0.2, -0.15) is 0 Å². The number of hydrogen-bond acceptors (Lipinski definition) is 3. The fourth-order valence-electron chi connectivity index (χ4n) is 10.5. The van der Waals surface area contributed by atoms with E-state index in [0.29, 0.717) is 17.5 Å². The molecule has 0 atom stereocenters. The first kappa shape index (κ1) is 36.5. The van der Waals surface area contributed by atoms with Gasteiger partial charge in [0.1, 0.15) is 0 Å². The SMILES string of the molecule is c1ccc(-c2nc(-c3ccccc3)nc(-c3ccc(-n4c5ccccc5c5cc(-c6ccc7c(c6)c6c8cccc9c8c(cc6n7-c6ccccc6)-c6ccccc6-9)ccc54)cc3)n2)cc1. The van der Waals surface area contributed by atoms with E-state index in [1.54, 1.807) is 0 Å². The molecule has 1 aliphatic carbocycles. The highest BCUT2D eigenvalue weighted by atomic mass is 15.0. The Kier molecular flexibility index (Phi) is 7.91. The predicted molar refractivity (Wildman–Crippen MR) is 272 cm³/mol. The Morgan fingerprint density at radius 1 is 0.242 bits per heavy atom. The number of aromatic nitrogens is 5. The Morgan fingerprint density at radius 2 is 0.697 bits per heavy atom. The molecular formula is C61H37N5. The predicted octanol–water partition coefficient (Wildman–Crippen LogP) is 15.5. The molecule has 13 aromatic rings. The molecule has 5 nitrogen and oxygen atoms in total. The smallest absolute Gasteiger partial charge is 0.164 e. The monoisotopic (exact) mass is 839 g/mol. The molecule has 0 unspecified atom stereocenters. The zero-order valence-electron chi connectivity index (χ0n) is 35.6. The van der Waals surface area contributed by atoms with Crippen LogP contribution in [0.5, 0.6) is 0 Å². The molecular weight excluding hydrogens is 803 g/mol. The van der Waals surface area contributed by atoms with Crippen molar-refractivity contribution in [1.82, 2.24) is 24.1 Å². The summed E-state index contributed by atoms with van der Waals surface area (Å²) < 4.78 is 4.82. The van der Waals surface area contributed by atoms with Crippen molar-refractivity contribution >= 4 is 54.4 Å². The number of benzene rings is 10. The Labute approximate surface area is 380 Å². The molecule has 0 radical (unpaired) electrons. The van der Waals surface area contributed by atoms with Crippen molar-refractivity contribution in [2.45, 2.75) is 0 Å². The minimum Gasteiger partial charge on any atom is -0.309 e. The molecule has 10 aromatic carbocycles. The van der Waals surface area contributed by atoms with Crippen LogP contribution in [-0.2, 0) is 0 Å². The van der Waals surface area contributed by atoms with Crippen LogP contribution >= 0.6 is 0 Å². The zero-order chi connectivity index (χ0) is 43.3. The van der Waals surface area contributed by atoms with Crippen molar-refractivity contribution in [1.29, 1.82) is 0 Å². The molecule has 0 saturated carbocycles. The third-order valence-electron chi connectivity index (χ3n) is 13.5. The summed E-state index contributed by atoms with van der Waals surface area (Å²) in [6.07, 6.45) is 0. The molecule has 14 rings (SSSR count). The van der Waals surface area contributed by atoms with Crippen molar-refractivity contribution in [3.8, 4) is 78.9 Å². The van der Waals surface area contributed by atoms with E-state index >= 15 is 0 Å². The summed E-state index contributed by atoms with van der Waals surface area (Å²) in [5, 5.41) is 7.59. The van der Waals surface area contributed by atoms with Gasteiger partial charge >= 0.3 is 0 Å². The maximum atomic E-state index is 4.99. The zero-order valence-corrected chi connectivity index (χ0v) is 35.6. The lowest BCUT2D eigenvalue weighted by Crippen LogP contribution is -2.00. The lowest BCUT2D eigenvalue weighted by Gasteiger charge is -2.11. The van der Waals surface area contributed by atoms with E-state index in [-0.39, 0.29) is 0 Å². The molecule has 306 valence electrons. The largest absolute Gasteiger partial charge is 0.309 e. The van der Waals surface area contributed by atoms with Gasteiger partial charge < -0.3 is 9.13 Å². The summed E-state index contributed by atoms with van der Waals surface area (Å²) >= 11 is 0. The fourth-order valence-corrected chi connectivity index (χ4v) is 10.5. The van der Waals surface area contributed by atoms with Crippen LogP contribution in [0.25, 0.3) is 133 Å². The molecule has 5 heteroatoms. The normalized spacial score (nSPS) is 11.9. The van der Waals surface area contributed by atoms with Gasteiger partial charge in [-0.05, 0) is 117 Å². The summed E-state index contributed by atoms with van der Waals surface area (Å²) in [5.74, 6) is 1.93. The van der Waals surface area contributed by atoms with Crippen LogP contribution in [0.15, 0.2) is 224 Å². The molecule has 3 aromatic heterocycles. The van der Waals surface area contributed by atoms with Crippen LogP contribution < -0.4 is 0 Å². The van der Waals surface area contributed by atoms with Crippen LogP contribution in [0.2, 0.25) is 0 Å². The standard InChI is InChI=1S/C61H37N5/c1-4-15-38(16-5-1)59-62-60(39-17-6-2-7-18-39)64-61(63-59)40-27-31-44(32-28-40)65-53-26-13-12-23-47(53)50-35-41(29-33-54(50)65)42-30-34-55-52(36-42)58-49-25-14-24-48-45-21-10-11-22-46(45)51(57(48)49)37-56(58)66(55)43-19-8-3-9-20-43/h1-37H. The Balaban J connectivity index is 0.907. The Morgan fingerprint density at radius 3 is 1.36 bits per heavy atom. The highest BCUT2D eigenvalue weighted by molar-refractivity contribution is 6.29. The summed E-state index contributed by atoms with van der Waals surface area (Å²) in [6, 6.07) is 80.4. The van der Waals surface area contributed by atoms with E-state index in [0.717, 1.165) is 39.1 Å². The fraction of sp³-hybridized carbons (Fsp3) is 0. The minimum absolute atomic E-state index is 0.636. The number of nitrogens with zero attached hydrogens (tertiary/aromatic N) is 5. The van der Waals surface area contributed by atoms with E-state index < -0.39 is 0 Å². The van der Waals surface area contributed by atoms with Crippen molar-refractivity contribution < 1.29 is 0 Å². The molecule has 0 bridgehead atoms. The second-order valence-corrected chi connectivity index (χ2v) is 17.2. The average Bonchev–Trinajstić information content (AvgIpc) is 4.03. The first-order valence-electron chi connectivity index (χ1n) is 22.4. The summed E-state index contributed by atoms with van der Waals surface area (Å²) in [5.41, 5.74) is 17.4. The summed E-state index contributed by atoms with van der Waals surface area (Å²) in [6.45, 7) is 0. The van der Waals surface area contributed by atoms with E-state index in [9.17, 15) is 0 Å². The van der Waals surface area contributed by atoms with Gasteiger partial charge in [-0.25, -0.2) is 15.0 Å². The molecule has 0 saturated heterocycles. The van der Waals surface area contributed by atoms with Gasteiger partial charge in [0.05, 0.1) is 22.1 Å². The second-order valence-electron chi connectivity index (χ2n) is 17.2. The maximum absolute atomic E-state index is 4.99. The van der Waals surface area contributed by atoms with Crippen molar-refractivity contribution in [2.75, 3.05) is 0 Å². The summed E-state index contributed by atoms with van der Waals surface area (Å²) in [7, 11) is 0. The van der Waals surface area contributed by atoms with Crippen molar-refractivity contribution in [3.63, 3.8) is 0 Å². The van der Waals surface area contributed by atoms with Crippen molar-refractivity contribution in [3.05, 3.63) is 224 Å². The van der Waals surface area contributed by atoms with Gasteiger partial charge in [0.25, 0.3) is 0 Å². The number of hydrogen-bond donors (Lipinski definition) is 0. The maximum Gasteiger partial charge on any atom is 0.164 e. The van der Waals surface area contributed by atoms with Gasteiger partial charge in [-0.1, -0.05) is 152 Å².